The van der Waals surface area contributed by atoms with E-state index < -0.39 is 20.0 Å². The van der Waals surface area contributed by atoms with Crippen LogP contribution in [0.2, 0.25) is 8.35 Å². The van der Waals surface area contributed by atoms with Gasteiger partial charge in [-0.15, -0.1) is 13.2 Å². The molecule has 128 valence electrons. The zero-order valence-electron chi connectivity index (χ0n) is 15.4. The minimum atomic E-state index is -2.64. The molecular weight excluding hydrogens is 467 g/mol. The summed E-state index contributed by atoms with van der Waals surface area (Å²) in [6.45, 7) is 10.9. The van der Waals surface area contributed by atoms with Crippen LogP contribution < -0.4 is 0 Å². The van der Waals surface area contributed by atoms with Crippen molar-refractivity contribution in [1.82, 2.24) is 0 Å². The zero-order chi connectivity index (χ0) is 17.9. The summed E-state index contributed by atoms with van der Waals surface area (Å²) in [5.41, 5.74) is 6.13. The van der Waals surface area contributed by atoms with Gasteiger partial charge in [0.25, 0.3) is 0 Å². The second-order valence-corrected chi connectivity index (χ2v) is 25.3. The number of rotatable bonds is 4. The van der Waals surface area contributed by atoms with Gasteiger partial charge in [-0.2, -0.15) is 0 Å². The third-order valence-corrected chi connectivity index (χ3v) is 28.1. The van der Waals surface area contributed by atoms with E-state index in [4.69, 9.17) is 0 Å². The topological polar surface area (TPSA) is 0 Å². The Balaban J connectivity index is 0.000000880. The zero-order valence-corrected chi connectivity index (χ0v) is 19.0. The van der Waals surface area contributed by atoms with Crippen molar-refractivity contribution in [1.29, 1.82) is 0 Å². The van der Waals surface area contributed by atoms with Gasteiger partial charge < -0.3 is 0 Å². The van der Waals surface area contributed by atoms with Crippen LogP contribution in [0.4, 0.5) is 0 Å². The first-order valence-electron chi connectivity index (χ1n) is 9.34. The van der Waals surface area contributed by atoms with Gasteiger partial charge >= 0.3 is 145 Å². The van der Waals surface area contributed by atoms with Crippen LogP contribution >= 0.6 is 0 Å². The summed E-state index contributed by atoms with van der Waals surface area (Å²) in [7, 11) is 0. The van der Waals surface area contributed by atoms with Gasteiger partial charge in [-0.3, -0.25) is 0 Å². The van der Waals surface area contributed by atoms with Crippen LogP contribution in [-0.2, 0) is 20.0 Å². The minimum absolute atomic E-state index is 0.731. The number of fused-ring (bicyclic) bond motifs is 2. The van der Waals surface area contributed by atoms with E-state index in [1.54, 1.807) is 11.1 Å². The summed E-state index contributed by atoms with van der Waals surface area (Å²) in [6, 6.07) is 18.1. The van der Waals surface area contributed by atoms with Crippen molar-refractivity contribution in [3.8, 4) is 0 Å². The molecule has 4 rings (SSSR count). The molecule has 2 aliphatic rings. The second-order valence-electron chi connectivity index (χ2n) is 6.87. The Kier molecular flexibility index (Phi) is 5.74. The molecular formula is C24H28Hf. The Labute approximate surface area is 157 Å². The van der Waals surface area contributed by atoms with Gasteiger partial charge in [-0.1, -0.05) is 0 Å². The predicted octanol–water partition coefficient (Wildman–Crippen LogP) is 7.36. The van der Waals surface area contributed by atoms with Gasteiger partial charge in [-0.25, -0.2) is 0 Å². The van der Waals surface area contributed by atoms with Crippen LogP contribution in [0.3, 0.4) is 0 Å². The Morgan fingerprint density at radius 3 is 1.52 bits per heavy atom. The van der Waals surface area contributed by atoms with Crippen LogP contribution in [-0.4, -0.2) is 0 Å². The quantitative estimate of drug-likeness (QED) is 0.308. The van der Waals surface area contributed by atoms with Crippen LogP contribution in [0.5, 0.6) is 0 Å². The summed E-state index contributed by atoms with van der Waals surface area (Å²) in [4.78, 5) is 0. The second kappa shape index (κ2) is 7.83. The maximum absolute atomic E-state index is 3.00. The normalized spacial score (nSPS) is 19.9. The first-order valence-corrected chi connectivity index (χ1v) is 18.6. The molecule has 0 heterocycles. The van der Waals surface area contributed by atoms with Crippen molar-refractivity contribution < 1.29 is 20.0 Å². The van der Waals surface area contributed by atoms with Crippen molar-refractivity contribution in [3.63, 3.8) is 0 Å². The summed E-state index contributed by atoms with van der Waals surface area (Å²) in [5, 5.41) is 0. The van der Waals surface area contributed by atoms with E-state index in [-0.39, 0.29) is 0 Å². The molecule has 2 aromatic carbocycles. The van der Waals surface area contributed by atoms with Crippen molar-refractivity contribution in [2.24, 2.45) is 0 Å². The van der Waals surface area contributed by atoms with Crippen LogP contribution in [0.15, 0.2) is 73.8 Å². The fraction of sp³-hybridized carbons (Fsp3) is 0.250. The fourth-order valence-electron chi connectivity index (χ4n) is 4.82. The van der Waals surface area contributed by atoms with Crippen molar-refractivity contribution in [2.45, 2.75) is 29.6 Å². The van der Waals surface area contributed by atoms with E-state index in [1.807, 2.05) is 0 Å². The molecule has 0 spiro atoms. The van der Waals surface area contributed by atoms with Crippen molar-refractivity contribution >= 4 is 12.2 Å². The molecule has 2 atom stereocenters. The predicted molar refractivity (Wildman–Crippen MR) is 109 cm³/mol. The van der Waals surface area contributed by atoms with Crippen molar-refractivity contribution in [2.75, 3.05) is 0 Å². The van der Waals surface area contributed by atoms with Crippen molar-refractivity contribution in [3.05, 3.63) is 96.1 Å². The Morgan fingerprint density at radius 1 is 0.720 bits per heavy atom. The van der Waals surface area contributed by atoms with E-state index in [1.165, 1.54) is 19.5 Å². The molecule has 0 nitrogen and oxygen atoms in total. The Morgan fingerprint density at radius 2 is 1.12 bits per heavy atom. The summed E-state index contributed by atoms with van der Waals surface area (Å²) in [5.74, 6) is 0. The SMILES string of the molecule is C=C.C[CH2][Hf]([CH2]C)([CH]1C=Cc2ccccc21)[CH]1C=Cc2ccccc21. The summed E-state index contributed by atoms with van der Waals surface area (Å²) < 4.78 is 4.29. The first kappa shape index (κ1) is 18.3. The number of allylic oxidation sites excluding steroid dienone is 2. The molecule has 1 heteroatoms. The average Bonchev–Trinajstić information content (AvgIpc) is 3.31. The summed E-state index contributed by atoms with van der Waals surface area (Å²) in [6.07, 6.45) is 9.86. The first-order chi connectivity index (χ1) is 12.3. The van der Waals surface area contributed by atoms with Crippen LogP contribution in [0.25, 0.3) is 12.2 Å². The molecule has 0 amide bonds. The van der Waals surface area contributed by atoms with Crippen LogP contribution in [0, 0.1) is 0 Å². The molecule has 0 N–H and O–H groups in total. The molecule has 2 unspecified atom stereocenters. The summed E-state index contributed by atoms with van der Waals surface area (Å²) >= 11 is -2.64. The van der Waals surface area contributed by atoms with Gasteiger partial charge in [0, 0.05) is 0 Å². The molecule has 25 heavy (non-hydrogen) atoms. The Hall–Kier alpha value is -1.47. The Bertz CT molecular complexity index is 732. The third kappa shape index (κ3) is 2.97. The molecule has 2 aliphatic carbocycles. The molecule has 0 aliphatic heterocycles. The van der Waals surface area contributed by atoms with E-state index in [9.17, 15) is 0 Å². The van der Waals surface area contributed by atoms with Gasteiger partial charge in [0.05, 0.1) is 0 Å². The van der Waals surface area contributed by atoms with E-state index in [2.05, 4.69) is 99.8 Å². The molecule has 0 saturated carbocycles. The third-order valence-electron chi connectivity index (χ3n) is 6.15. The van der Waals surface area contributed by atoms with Gasteiger partial charge in [-0.05, 0) is 0 Å². The monoisotopic (exact) mass is 496 g/mol. The van der Waals surface area contributed by atoms with Gasteiger partial charge in [0.1, 0.15) is 0 Å². The van der Waals surface area contributed by atoms with Gasteiger partial charge in [0.2, 0.25) is 0 Å². The number of benzene rings is 2. The molecule has 0 saturated heterocycles. The molecule has 0 aromatic heterocycles. The standard InChI is InChI=1S/2C9H7.2C2H5.C2H4.Hf/c2*1-2-5-9-7-3-6-8(9)4-1;3*1-2;/h2*1-7H;2*1H2,2H3;1-2H2;. The van der Waals surface area contributed by atoms with E-state index in [0.29, 0.717) is 0 Å². The number of hydrogen-bond donors (Lipinski definition) is 0. The molecule has 0 fully saturated rings. The van der Waals surface area contributed by atoms with Gasteiger partial charge in [0.15, 0.2) is 0 Å². The maximum atomic E-state index is 3.00. The molecule has 2 aromatic rings. The fourth-order valence-corrected chi connectivity index (χ4v) is 24.1. The molecule has 0 bridgehead atoms. The average molecular weight is 495 g/mol. The molecule has 0 radical (unpaired) electrons. The van der Waals surface area contributed by atoms with E-state index >= 15 is 0 Å². The van der Waals surface area contributed by atoms with Crippen LogP contribution in [0.1, 0.15) is 43.5 Å². The number of hydrogen-bond acceptors (Lipinski definition) is 0. The van der Waals surface area contributed by atoms with E-state index in [0.717, 1.165) is 7.35 Å².